The van der Waals surface area contributed by atoms with E-state index in [1.165, 1.54) is 16.9 Å². The third kappa shape index (κ3) is 3.35. The lowest BCUT2D eigenvalue weighted by Gasteiger charge is -2.02. The van der Waals surface area contributed by atoms with Crippen molar-refractivity contribution in [3.63, 3.8) is 0 Å². The van der Waals surface area contributed by atoms with E-state index in [2.05, 4.69) is 10.3 Å². The predicted octanol–water partition coefficient (Wildman–Crippen LogP) is 0.559. The van der Waals surface area contributed by atoms with Crippen molar-refractivity contribution in [3.05, 3.63) is 47.3 Å². The number of aliphatic carboxylic acids is 1. The monoisotopic (exact) mass is 282 g/mol. The van der Waals surface area contributed by atoms with E-state index in [1.54, 1.807) is 0 Å². The number of rotatable bonds is 5. The highest BCUT2D eigenvalue weighted by atomic mass is 19.2. The Hall–Kier alpha value is -2.35. The second-order valence-electron chi connectivity index (χ2n) is 4.30. The van der Waals surface area contributed by atoms with Gasteiger partial charge in [0, 0.05) is 12.6 Å². The van der Waals surface area contributed by atoms with Crippen molar-refractivity contribution < 1.29 is 18.7 Å². The van der Waals surface area contributed by atoms with Crippen LogP contribution >= 0.6 is 0 Å². The van der Waals surface area contributed by atoms with Crippen LogP contribution in [0.2, 0.25) is 0 Å². The number of carboxylic acid groups (broad SMARTS) is 1. The number of nitrogens with two attached hydrogens (primary N) is 1. The molecular formula is C12H12F2N4O2. The van der Waals surface area contributed by atoms with E-state index in [4.69, 9.17) is 10.8 Å². The molecule has 0 spiro atoms. The maximum atomic E-state index is 13.0. The smallest absolute Gasteiger partial charge is 0.320 e. The Kier molecular flexibility index (Phi) is 4.04. The number of hydrogen-bond donors (Lipinski definition) is 2. The Labute approximate surface area is 112 Å². The first-order valence-corrected chi connectivity index (χ1v) is 5.77. The highest BCUT2D eigenvalue weighted by Crippen LogP contribution is 2.10. The van der Waals surface area contributed by atoms with Gasteiger partial charge in [-0.05, 0) is 17.7 Å². The summed E-state index contributed by atoms with van der Waals surface area (Å²) >= 11 is 0. The van der Waals surface area contributed by atoms with Gasteiger partial charge in [0.15, 0.2) is 11.6 Å². The minimum Gasteiger partial charge on any atom is -0.480 e. The zero-order chi connectivity index (χ0) is 14.7. The summed E-state index contributed by atoms with van der Waals surface area (Å²) in [6.45, 7) is 0.201. The molecular weight excluding hydrogens is 270 g/mol. The molecule has 0 radical (unpaired) electrons. The zero-order valence-electron chi connectivity index (χ0n) is 10.3. The Morgan fingerprint density at radius 3 is 2.80 bits per heavy atom. The van der Waals surface area contributed by atoms with Crippen LogP contribution in [-0.4, -0.2) is 32.1 Å². The maximum Gasteiger partial charge on any atom is 0.320 e. The molecule has 2 aromatic rings. The first-order valence-electron chi connectivity index (χ1n) is 5.77. The number of aromatic nitrogens is 3. The van der Waals surface area contributed by atoms with Crippen LogP contribution in [0, 0.1) is 11.6 Å². The van der Waals surface area contributed by atoms with Crippen LogP contribution in [0.1, 0.15) is 11.3 Å². The molecule has 1 unspecified atom stereocenters. The standard InChI is InChI=1S/C12H12F2N4O2/c13-9-2-1-7(3-10(9)14)5-18-6-8(16-17-18)4-11(15)12(19)20/h1-3,6,11H,4-5,15H2,(H,19,20). The van der Waals surface area contributed by atoms with Crippen molar-refractivity contribution in [3.8, 4) is 0 Å². The summed E-state index contributed by atoms with van der Waals surface area (Å²) < 4.78 is 27.2. The maximum absolute atomic E-state index is 13.0. The fourth-order valence-corrected chi connectivity index (χ4v) is 1.65. The molecule has 20 heavy (non-hydrogen) atoms. The fourth-order valence-electron chi connectivity index (χ4n) is 1.65. The van der Waals surface area contributed by atoms with Crippen molar-refractivity contribution >= 4 is 5.97 Å². The van der Waals surface area contributed by atoms with Gasteiger partial charge < -0.3 is 10.8 Å². The summed E-state index contributed by atoms with van der Waals surface area (Å²) in [6.07, 6.45) is 1.57. The van der Waals surface area contributed by atoms with Crippen LogP contribution in [-0.2, 0) is 17.8 Å². The Morgan fingerprint density at radius 1 is 1.40 bits per heavy atom. The van der Waals surface area contributed by atoms with Crippen LogP contribution in [0.25, 0.3) is 0 Å². The SMILES string of the molecule is NC(Cc1cn(Cc2ccc(F)c(F)c2)nn1)C(=O)O. The second kappa shape index (κ2) is 5.74. The first kappa shape index (κ1) is 14.1. The van der Waals surface area contributed by atoms with Gasteiger partial charge in [0.1, 0.15) is 6.04 Å². The van der Waals surface area contributed by atoms with Gasteiger partial charge in [0.05, 0.1) is 12.2 Å². The van der Waals surface area contributed by atoms with Crippen molar-refractivity contribution in [1.82, 2.24) is 15.0 Å². The molecule has 1 heterocycles. The molecule has 3 N–H and O–H groups in total. The Balaban J connectivity index is 2.05. The van der Waals surface area contributed by atoms with E-state index in [1.807, 2.05) is 0 Å². The lowest BCUT2D eigenvalue weighted by atomic mass is 10.2. The van der Waals surface area contributed by atoms with Gasteiger partial charge in [-0.25, -0.2) is 13.5 Å². The second-order valence-corrected chi connectivity index (χ2v) is 4.30. The molecule has 0 saturated carbocycles. The predicted molar refractivity (Wildman–Crippen MR) is 64.8 cm³/mol. The summed E-state index contributed by atoms with van der Waals surface area (Å²) in [7, 11) is 0. The molecule has 0 saturated heterocycles. The highest BCUT2D eigenvalue weighted by molar-refractivity contribution is 5.73. The largest absolute Gasteiger partial charge is 0.480 e. The van der Waals surface area contributed by atoms with E-state index in [9.17, 15) is 13.6 Å². The summed E-state index contributed by atoms with van der Waals surface area (Å²) in [5, 5.41) is 16.2. The van der Waals surface area contributed by atoms with Gasteiger partial charge >= 0.3 is 5.97 Å². The minimum atomic E-state index is -1.12. The van der Waals surface area contributed by atoms with Crippen LogP contribution in [0.5, 0.6) is 0 Å². The van der Waals surface area contributed by atoms with E-state index in [-0.39, 0.29) is 13.0 Å². The topological polar surface area (TPSA) is 94.0 Å². The Morgan fingerprint density at radius 2 is 2.15 bits per heavy atom. The molecule has 0 fully saturated rings. The van der Waals surface area contributed by atoms with Crippen molar-refractivity contribution in [1.29, 1.82) is 0 Å². The lowest BCUT2D eigenvalue weighted by molar-refractivity contribution is -0.138. The van der Waals surface area contributed by atoms with Crippen LogP contribution < -0.4 is 5.73 Å². The van der Waals surface area contributed by atoms with Crippen molar-refractivity contribution in [2.24, 2.45) is 5.73 Å². The lowest BCUT2D eigenvalue weighted by Crippen LogP contribution is -2.32. The third-order valence-electron chi connectivity index (χ3n) is 2.66. The molecule has 0 amide bonds. The number of halogens is 2. The van der Waals surface area contributed by atoms with Gasteiger partial charge in [-0.15, -0.1) is 5.10 Å². The molecule has 0 aliphatic carbocycles. The molecule has 8 heteroatoms. The molecule has 2 rings (SSSR count). The summed E-state index contributed by atoms with van der Waals surface area (Å²) in [4.78, 5) is 10.6. The first-order chi connectivity index (χ1) is 9.45. The molecule has 0 aliphatic rings. The Bertz CT molecular complexity index is 630. The summed E-state index contributed by atoms with van der Waals surface area (Å²) in [6, 6.07) is 2.48. The quantitative estimate of drug-likeness (QED) is 0.835. The van der Waals surface area contributed by atoms with Crippen LogP contribution in [0.15, 0.2) is 24.4 Å². The van der Waals surface area contributed by atoms with Crippen LogP contribution in [0.4, 0.5) is 8.78 Å². The number of carbonyl (C=O) groups is 1. The number of hydrogen-bond acceptors (Lipinski definition) is 4. The van der Waals surface area contributed by atoms with Gasteiger partial charge in [-0.2, -0.15) is 0 Å². The molecule has 0 aliphatic heterocycles. The van der Waals surface area contributed by atoms with E-state index in [0.29, 0.717) is 11.3 Å². The van der Waals surface area contributed by atoms with E-state index >= 15 is 0 Å². The molecule has 6 nitrogen and oxygen atoms in total. The van der Waals surface area contributed by atoms with Crippen molar-refractivity contribution in [2.45, 2.75) is 19.0 Å². The molecule has 1 aromatic carbocycles. The normalized spacial score (nSPS) is 12.3. The zero-order valence-corrected chi connectivity index (χ0v) is 10.3. The molecule has 1 atom stereocenters. The fraction of sp³-hybridized carbons (Fsp3) is 0.250. The number of nitrogens with zero attached hydrogens (tertiary/aromatic N) is 3. The third-order valence-corrected chi connectivity index (χ3v) is 2.66. The van der Waals surface area contributed by atoms with Gasteiger partial charge in [-0.1, -0.05) is 11.3 Å². The molecule has 1 aromatic heterocycles. The summed E-state index contributed by atoms with van der Waals surface area (Å²) in [5.41, 5.74) is 6.31. The molecule has 106 valence electrons. The van der Waals surface area contributed by atoms with Gasteiger partial charge in [0.25, 0.3) is 0 Å². The molecule has 0 bridgehead atoms. The highest BCUT2D eigenvalue weighted by Gasteiger charge is 2.14. The van der Waals surface area contributed by atoms with E-state index in [0.717, 1.165) is 12.1 Å². The van der Waals surface area contributed by atoms with Gasteiger partial charge in [0.2, 0.25) is 0 Å². The van der Waals surface area contributed by atoms with Crippen molar-refractivity contribution in [2.75, 3.05) is 0 Å². The average molecular weight is 282 g/mol. The van der Waals surface area contributed by atoms with Crippen LogP contribution in [0.3, 0.4) is 0 Å². The van der Waals surface area contributed by atoms with Gasteiger partial charge in [-0.3, -0.25) is 4.79 Å². The minimum absolute atomic E-state index is 0.0487. The average Bonchev–Trinajstić information content (AvgIpc) is 2.81. The van der Waals surface area contributed by atoms with E-state index < -0.39 is 23.6 Å². The number of benzene rings is 1. The summed E-state index contributed by atoms with van der Waals surface area (Å²) in [5.74, 6) is -2.98. The number of carboxylic acids is 1.